The molecular formula is C25H40N4O3. The number of hydrogen-bond donors (Lipinski definition) is 2. The summed E-state index contributed by atoms with van der Waals surface area (Å²) in [6, 6.07) is 9.20. The SMILES string of the molecule is CCOC(=O)C1CCC(NC(=NC)NCC2CCCN(C)C2c2ccc(OC)cc2)CC1. The van der Waals surface area contributed by atoms with E-state index in [1.54, 1.807) is 7.11 Å². The minimum atomic E-state index is -0.0422. The van der Waals surface area contributed by atoms with Crippen LogP contribution in [0, 0.1) is 11.8 Å². The zero-order valence-corrected chi connectivity index (χ0v) is 20.1. The number of benzene rings is 1. The van der Waals surface area contributed by atoms with Crippen molar-refractivity contribution in [2.75, 3.05) is 40.9 Å². The third kappa shape index (κ3) is 6.37. The highest BCUT2D eigenvalue weighted by Gasteiger charge is 2.31. The van der Waals surface area contributed by atoms with Crippen molar-refractivity contribution >= 4 is 11.9 Å². The van der Waals surface area contributed by atoms with Crippen LogP contribution in [0.4, 0.5) is 0 Å². The van der Waals surface area contributed by atoms with Gasteiger partial charge in [-0.3, -0.25) is 14.7 Å². The number of carbonyl (C=O) groups is 1. The Bertz CT molecular complexity index is 744. The molecule has 1 aliphatic carbocycles. The first-order chi connectivity index (χ1) is 15.5. The predicted molar refractivity (Wildman–Crippen MR) is 128 cm³/mol. The average molecular weight is 445 g/mol. The van der Waals surface area contributed by atoms with Crippen LogP contribution in [-0.4, -0.2) is 63.8 Å². The molecule has 2 fully saturated rings. The van der Waals surface area contributed by atoms with Gasteiger partial charge in [-0.2, -0.15) is 0 Å². The molecule has 2 N–H and O–H groups in total. The van der Waals surface area contributed by atoms with E-state index in [0.29, 0.717) is 24.6 Å². The number of guanidine groups is 1. The lowest BCUT2D eigenvalue weighted by Gasteiger charge is -2.40. The largest absolute Gasteiger partial charge is 0.497 e. The lowest BCUT2D eigenvalue weighted by Crippen LogP contribution is -2.48. The van der Waals surface area contributed by atoms with E-state index < -0.39 is 0 Å². The second-order valence-corrected chi connectivity index (χ2v) is 9.00. The molecule has 3 rings (SSSR count). The molecule has 1 aromatic rings. The Kier molecular flexibility index (Phi) is 9.21. The summed E-state index contributed by atoms with van der Waals surface area (Å²) in [5.74, 6) is 2.25. The number of esters is 1. The lowest BCUT2D eigenvalue weighted by atomic mass is 9.85. The maximum atomic E-state index is 12.0. The van der Waals surface area contributed by atoms with Gasteiger partial charge in [-0.25, -0.2) is 0 Å². The molecule has 0 amide bonds. The summed E-state index contributed by atoms with van der Waals surface area (Å²) in [5.41, 5.74) is 1.33. The minimum Gasteiger partial charge on any atom is -0.497 e. The van der Waals surface area contributed by atoms with Crippen LogP contribution in [0.5, 0.6) is 5.75 Å². The van der Waals surface area contributed by atoms with Crippen LogP contribution in [0.2, 0.25) is 0 Å². The van der Waals surface area contributed by atoms with Crippen molar-refractivity contribution in [3.63, 3.8) is 0 Å². The van der Waals surface area contributed by atoms with Crippen LogP contribution in [-0.2, 0) is 9.53 Å². The van der Waals surface area contributed by atoms with Gasteiger partial charge in [0.15, 0.2) is 5.96 Å². The van der Waals surface area contributed by atoms with E-state index in [4.69, 9.17) is 9.47 Å². The van der Waals surface area contributed by atoms with Gasteiger partial charge < -0.3 is 20.1 Å². The van der Waals surface area contributed by atoms with Gasteiger partial charge in [-0.15, -0.1) is 0 Å². The monoisotopic (exact) mass is 444 g/mol. The number of piperidine rings is 1. The molecule has 0 spiro atoms. The Balaban J connectivity index is 1.53. The molecule has 0 bridgehead atoms. The summed E-state index contributed by atoms with van der Waals surface area (Å²) in [4.78, 5) is 18.9. The standard InChI is InChI=1S/C25H40N4O3/c1-5-32-24(30)19-8-12-21(13-9-19)28-25(26-2)27-17-20-7-6-16-29(3)23(20)18-10-14-22(31-4)15-11-18/h10-11,14-15,19-21,23H,5-9,12-13,16-17H2,1-4H3,(H2,26,27,28). The maximum absolute atomic E-state index is 12.0. The van der Waals surface area contributed by atoms with Crippen LogP contribution < -0.4 is 15.4 Å². The Hall–Kier alpha value is -2.28. The number of rotatable bonds is 7. The van der Waals surface area contributed by atoms with Crippen LogP contribution in [0.15, 0.2) is 29.3 Å². The molecule has 1 saturated heterocycles. The summed E-state index contributed by atoms with van der Waals surface area (Å²) in [5, 5.41) is 7.15. The molecule has 7 heteroatoms. The van der Waals surface area contributed by atoms with Gasteiger partial charge in [0.1, 0.15) is 5.75 Å². The quantitative estimate of drug-likeness (QED) is 0.382. The molecule has 2 aliphatic rings. The zero-order valence-electron chi connectivity index (χ0n) is 20.1. The Labute approximate surface area is 192 Å². The van der Waals surface area contributed by atoms with Crippen molar-refractivity contribution in [1.82, 2.24) is 15.5 Å². The molecule has 7 nitrogen and oxygen atoms in total. The summed E-state index contributed by atoms with van der Waals surface area (Å²) in [6.07, 6.45) is 6.08. The highest BCUT2D eigenvalue weighted by Crippen LogP contribution is 2.35. The topological polar surface area (TPSA) is 75.2 Å². The molecule has 32 heavy (non-hydrogen) atoms. The van der Waals surface area contributed by atoms with Gasteiger partial charge in [-0.1, -0.05) is 12.1 Å². The van der Waals surface area contributed by atoms with Crippen molar-refractivity contribution in [1.29, 1.82) is 0 Å². The van der Waals surface area contributed by atoms with Crippen LogP contribution >= 0.6 is 0 Å². The molecule has 178 valence electrons. The van der Waals surface area contributed by atoms with Gasteiger partial charge in [0.25, 0.3) is 0 Å². The number of ether oxygens (including phenoxy) is 2. The van der Waals surface area contributed by atoms with E-state index in [1.165, 1.54) is 18.4 Å². The molecule has 1 saturated carbocycles. The molecule has 1 aromatic carbocycles. The van der Waals surface area contributed by atoms with E-state index in [2.05, 4.69) is 51.8 Å². The van der Waals surface area contributed by atoms with Gasteiger partial charge >= 0.3 is 5.97 Å². The number of hydrogen-bond acceptors (Lipinski definition) is 5. The van der Waals surface area contributed by atoms with Gasteiger partial charge in [0.05, 0.1) is 19.6 Å². The van der Waals surface area contributed by atoms with Crippen molar-refractivity contribution in [2.45, 2.75) is 57.5 Å². The number of aliphatic imine (C=N–C) groups is 1. The fourth-order valence-electron chi connectivity index (χ4n) is 5.15. The summed E-state index contributed by atoms with van der Waals surface area (Å²) < 4.78 is 10.5. The molecular weight excluding hydrogens is 404 g/mol. The number of carbonyl (C=O) groups excluding carboxylic acids is 1. The maximum Gasteiger partial charge on any atom is 0.308 e. The van der Waals surface area contributed by atoms with Crippen molar-refractivity contribution in [3.8, 4) is 5.75 Å². The van der Waals surface area contributed by atoms with Gasteiger partial charge in [0, 0.05) is 25.7 Å². The lowest BCUT2D eigenvalue weighted by molar-refractivity contribution is -0.149. The third-order valence-electron chi connectivity index (χ3n) is 6.91. The molecule has 2 unspecified atom stereocenters. The number of methoxy groups -OCH3 is 1. The van der Waals surface area contributed by atoms with E-state index in [9.17, 15) is 4.79 Å². The fourth-order valence-corrected chi connectivity index (χ4v) is 5.15. The van der Waals surface area contributed by atoms with E-state index >= 15 is 0 Å². The van der Waals surface area contributed by atoms with Crippen LogP contribution in [0.1, 0.15) is 57.1 Å². The van der Waals surface area contributed by atoms with Crippen LogP contribution in [0.25, 0.3) is 0 Å². The van der Waals surface area contributed by atoms with E-state index in [-0.39, 0.29) is 11.9 Å². The zero-order chi connectivity index (χ0) is 22.9. The third-order valence-corrected chi connectivity index (χ3v) is 6.91. The Morgan fingerprint density at radius 3 is 2.50 bits per heavy atom. The van der Waals surface area contributed by atoms with E-state index in [1.807, 2.05) is 14.0 Å². The van der Waals surface area contributed by atoms with Crippen molar-refractivity contribution in [3.05, 3.63) is 29.8 Å². The highest BCUT2D eigenvalue weighted by atomic mass is 16.5. The van der Waals surface area contributed by atoms with Crippen molar-refractivity contribution < 1.29 is 14.3 Å². The molecule has 0 aromatic heterocycles. The first kappa shape index (κ1) is 24.4. The first-order valence-electron chi connectivity index (χ1n) is 12.0. The second-order valence-electron chi connectivity index (χ2n) is 9.00. The number of nitrogens with zero attached hydrogens (tertiary/aromatic N) is 2. The first-order valence-corrected chi connectivity index (χ1v) is 12.0. The molecule has 2 atom stereocenters. The fraction of sp³-hybridized carbons (Fsp3) is 0.680. The number of nitrogens with one attached hydrogen (secondary N) is 2. The molecule has 0 radical (unpaired) electrons. The van der Waals surface area contributed by atoms with Gasteiger partial charge in [-0.05, 0) is 82.7 Å². The van der Waals surface area contributed by atoms with Gasteiger partial charge in [0.2, 0.25) is 0 Å². The Morgan fingerprint density at radius 1 is 1.16 bits per heavy atom. The predicted octanol–water partition coefficient (Wildman–Crippen LogP) is 3.37. The normalized spacial score (nSPS) is 26.9. The molecule has 1 heterocycles. The van der Waals surface area contributed by atoms with E-state index in [0.717, 1.165) is 50.5 Å². The number of likely N-dealkylation sites (tertiary alicyclic amines) is 1. The van der Waals surface area contributed by atoms with Crippen LogP contribution in [0.3, 0.4) is 0 Å². The second kappa shape index (κ2) is 12.1. The smallest absolute Gasteiger partial charge is 0.308 e. The molecule has 1 aliphatic heterocycles. The summed E-state index contributed by atoms with van der Waals surface area (Å²) in [7, 11) is 5.75. The van der Waals surface area contributed by atoms with Crippen molar-refractivity contribution in [2.24, 2.45) is 16.8 Å². The summed E-state index contributed by atoms with van der Waals surface area (Å²) >= 11 is 0. The minimum absolute atomic E-state index is 0.0422. The average Bonchev–Trinajstić information content (AvgIpc) is 2.82. The highest BCUT2D eigenvalue weighted by molar-refractivity contribution is 5.80. The Morgan fingerprint density at radius 2 is 1.88 bits per heavy atom. The summed E-state index contributed by atoms with van der Waals surface area (Å²) in [6.45, 7) is 4.31.